The van der Waals surface area contributed by atoms with E-state index in [0.717, 1.165) is 0 Å². The zero-order valence-electron chi connectivity index (χ0n) is 4.93. The fourth-order valence-electron chi connectivity index (χ4n) is 0.0551. The van der Waals surface area contributed by atoms with Crippen molar-refractivity contribution in [2.24, 2.45) is 11.1 Å². The second-order valence-corrected chi connectivity index (χ2v) is 2.54. The molecule has 0 spiro atoms. The Labute approximate surface area is 54.3 Å². The quantitative estimate of drug-likeness (QED) is 0.532. The summed E-state index contributed by atoms with van der Waals surface area (Å²) in [5, 5.41) is 8.35. The Morgan fingerprint density at radius 3 is 2.12 bits per heavy atom. The summed E-state index contributed by atoms with van der Waals surface area (Å²) in [5.74, 6) is 0. The van der Waals surface area contributed by atoms with Crippen LogP contribution in [-0.4, -0.2) is 4.99 Å². The maximum atomic E-state index is 8.35. The summed E-state index contributed by atoms with van der Waals surface area (Å²) >= 11 is 4.59. The third-order valence-corrected chi connectivity index (χ3v) is 1.41. The van der Waals surface area contributed by atoms with Crippen molar-refractivity contribution in [3.8, 4) is 6.07 Å². The molecule has 0 rings (SSSR count). The fraction of sp³-hybridized carbons (Fsp3) is 0.600. The average molecular weight is 128 g/mol. The Morgan fingerprint density at radius 2 is 2.12 bits per heavy atom. The van der Waals surface area contributed by atoms with Crippen LogP contribution in [0.25, 0.3) is 0 Å². The molecule has 0 unspecified atom stereocenters. The SMILES string of the molecule is CC(C)(C#N)C(N)=S. The molecule has 0 radical (unpaired) electrons. The normalized spacial score (nSPS) is 10.1. The minimum absolute atomic E-state index is 0.250. The standard InChI is InChI=1S/C5H8N2S/c1-5(2,3-6)4(7)8/h1-2H3,(H2,7,8). The minimum Gasteiger partial charge on any atom is -0.392 e. The molecule has 0 heterocycles. The van der Waals surface area contributed by atoms with Crippen molar-refractivity contribution in [1.82, 2.24) is 0 Å². The van der Waals surface area contributed by atoms with Crippen molar-refractivity contribution in [3.05, 3.63) is 0 Å². The van der Waals surface area contributed by atoms with Crippen LogP contribution in [0.2, 0.25) is 0 Å². The van der Waals surface area contributed by atoms with E-state index in [1.807, 2.05) is 6.07 Å². The van der Waals surface area contributed by atoms with Gasteiger partial charge < -0.3 is 5.73 Å². The smallest absolute Gasteiger partial charge is 0.101 e. The fourth-order valence-corrected chi connectivity index (χ4v) is 0.101. The van der Waals surface area contributed by atoms with Crippen LogP contribution in [0.4, 0.5) is 0 Å². The van der Waals surface area contributed by atoms with Gasteiger partial charge in [-0.3, -0.25) is 0 Å². The summed E-state index contributed by atoms with van der Waals surface area (Å²) in [4.78, 5) is 0.250. The van der Waals surface area contributed by atoms with Crippen molar-refractivity contribution in [2.75, 3.05) is 0 Å². The molecule has 2 nitrogen and oxygen atoms in total. The molecule has 0 aliphatic carbocycles. The molecule has 0 fully saturated rings. The van der Waals surface area contributed by atoms with Gasteiger partial charge in [0.25, 0.3) is 0 Å². The van der Waals surface area contributed by atoms with E-state index in [1.54, 1.807) is 13.8 Å². The molecule has 0 saturated carbocycles. The summed E-state index contributed by atoms with van der Waals surface area (Å²) in [6, 6.07) is 1.97. The lowest BCUT2D eigenvalue weighted by molar-refractivity contribution is 0.699. The molecule has 0 aromatic rings. The Hall–Kier alpha value is -0.620. The Kier molecular flexibility index (Phi) is 1.94. The third-order valence-electron chi connectivity index (χ3n) is 0.896. The predicted octanol–water partition coefficient (Wildman–Crippen LogP) is 0.822. The maximum absolute atomic E-state index is 8.35. The lowest BCUT2D eigenvalue weighted by Gasteiger charge is -2.10. The van der Waals surface area contributed by atoms with Gasteiger partial charge in [-0.15, -0.1) is 0 Å². The van der Waals surface area contributed by atoms with Crippen molar-refractivity contribution < 1.29 is 0 Å². The molecule has 0 amide bonds. The zero-order chi connectivity index (χ0) is 6.78. The summed E-state index contributed by atoms with van der Waals surface area (Å²) in [5.41, 5.74) is 4.55. The molecule has 8 heavy (non-hydrogen) atoms. The van der Waals surface area contributed by atoms with Gasteiger partial charge in [0.05, 0.1) is 11.1 Å². The van der Waals surface area contributed by atoms with Gasteiger partial charge in [-0.25, -0.2) is 0 Å². The summed E-state index contributed by atoms with van der Waals surface area (Å²) in [6.07, 6.45) is 0. The summed E-state index contributed by atoms with van der Waals surface area (Å²) < 4.78 is 0. The van der Waals surface area contributed by atoms with E-state index in [9.17, 15) is 0 Å². The molecular weight excluding hydrogens is 120 g/mol. The number of nitrogens with zero attached hydrogens (tertiary/aromatic N) is 1. The maximum Gasteiger partial charge on any atom is 0.101 e. The van der Waals surface area contributed by atoms with Crippen molar-refractivity contribution in [3.63, 3.8) is 0 Å². The number of nitriles is 1. The number of thiocarbonyl (C=S) groups is 1. The van der Waals surface area contributed by atoms with Gasteiger partial charge in [0.1, 0.15) is 5.41 Å². The lowest BCUT2D eigenvalue weighted by atomic mass is 9.96. The van der Waals surface area contributed by atoms with Crippen LogP contribution in [0.1, 0.15) is 13.8 Å². The van der Waals surface area contributed by atoms with Crippen LogP contribution in [0.3, 0.4) is 0 Å². The first kappa shape index (κ1) is 7.38. The van der Waals surface area contributed by atoms with Gasteiger partial charge in [0.2, 0.25) is 0 Å². The molecule has 0 atom stereocenters. The summed E-state index contributed by atoms with van der Waals surface area (Å²) in [6.45, 7) is 3.38. The second-order valence-electron chi connectivity index (χ2n) is 2.10. The molecule has 3 heteroatoms. The van der Waals surface area contributed by atoms with Gasteiger partial charge in [-0.1, -0.05) is 12.2 Å². The zero-order valence-corrected chi connectivity index (χ0v) is 5.75. The molecule has 44 valence electrons. The Bertz CT molecular complexity index is 143. The molecule has 0 saturated heterocycles. The first-order valence-corrected chi connectivity index (χ1v) is 2.62. The number of hydrogen-bond acceptors (Lipinski definition) is 2. The van der Waals surface area contributed by atoms with Gasteiger partial charge in [0.15, 0.2) is 0 Å². The van der Waals surface area contributed by atoms with Gasteiger partial charge in [0, 0.05) is 0 Å². The van der Waals surface area contributed by atoms with Crippen LogP contribution >= 0.6 is 12.2 Å². The van der Waals surface area contributed by atoms with Crippen LogP contribution in [0.15, 0.2) is 0 Å². The molecule has 0 aliphatic rings. The highest BCUT2D eigenvalue weighted by Gasteiger charge is 2.19. The summed E-state index contributed by atoms with van der Waals surface area (Å²) in [7, 11) is 0. The highest BCUT2D eigenvalue weighted by molar-refractivity contribution is 7.80. The van der Waals surface area contributed by atoms with E-state index < -0.39 is 5.41 Å². The molecule has 0 aliphatic heterocycles. The van der Waals surface area contributed by atoms with Crippen molar-refractivity contribution in [2.45, 2.75) is 13.8 Å². The highest BCUT2D eigenvalue weighted by atomic mass is 32.1. The Balaban J connectivity index is 4.19. The molecular formula is C5H8N2S. The topological polar surface area (TPSA) is 49.8 Å². The van der Waals surface area contributed by atoms with Gasteiger partial charge in [-0.2, -0.15) is 5.26 Å². The molecule has 0 bridgehead atoms. The van der Waals surface area contributed by atoms with Crippen LogP contribution in [0.5, 0.6) is 0 Å². The van der Waals surface area contributed by atoms with E-state index in [4.69, 9.17) is 11.0 Å². The lowest BCUT2D eigenvalue weighted by Crippen LogP contribution is -2.27. The first-order chi connectivity index (χ1) is 3.50. The van der Waals surface area contributed by atoms with Gasteiger partial charge >= 0.3 is 0 Å². The number of rotatable bonds is 1. The van der Waals surface area contributed by atoms with E-state index in [-0.39, 0.29) is 4.99 Å². The highest BCUT2D eigenvalue weighted by Crippen LogP contribution is 2.11. The Morgan fingerprint density at radius 1 is 1.75 bits per heavy atom. The van der Waals surface area contributed by atoms with Crippen LogP contribution < -0.4 is 5.73 Å². The number of nitrogens with two attached hydrogens (primary N) is 1. The first-order valence-electron chi connectivity index (χ1n) is 2.22. The van der Waals surface area contributed by atoms with E-state index in [1.165, 1.54) is 0 Å². The second kappa shape index (κ2) is 2.10. The molecule has 0 aromatic heterocycles. The largest absolute Gasteiger partial charge is 0.392 e. The van der Waals surface area contributed by atoms with Crippen LogP contribution in [0, 0.1) is 16.7 Å². The molecule has 0 aromatic carbocycles. The minimum atomic E-state index is -0.644. The predicted molar refractivity (Wildman–Crippen MR) is 36.2 cm³/mol. The van der Waals surface area contributed by atoms with Gasteiger partial charge in [-0.05, 0) is 13.8 Å². The average Bonchev–Trinajstić information content (AvgIpc) is 1.67. The van der Waals surface area contributed by atoms with Crippen molar-refractivity contribution in [1.29, 1.82) is 5.26 Å². The van der Waals surface area contributed by atoms with E-state index in [0.29, 0.717) is 0 Å². The monoisotopic (exact) mass is 128 g/mol. The third kappa shape index (κ3) is 1.47. The van der Waals surface area contributed by atoms with E-state index in [2.05, 4.69) is 12.2 Å². The van der Waals surface area contributed by atoms with E-state index >= 15 is 0 Å². The molecule has 2 N–H and O–H groups in total. The van der Waals surface area contributed by atoms with Crippen LogP contribution in [-0.2, 0) is 0 Å². The number of hydrogen-bond donors (Lipinski definition) is 1. The van der Waals surface area contributed by atoms with Crippen molar-refractivity contribution >= 4 is 17.2 Å².